The van der Waals surface area contributed by atoms with Crippen molar-refractivity contribution in [1.29, 1.82) is 0 Å². The topological polar surface area (TPSA) is 92.3 Å². The maximum absolute atomic E-state index is 12.0. The van der Waals surface area contributed by atoms with E-state index in [1.165, 1.54) is 0 Å². The van der Waals surface area contributed by atoms with E-state index in [1.807, 2.05) is 20.2 Å². The smallest absolute Gasteiger partial charge is 0.303 e. The third-order valence-electron chi connectivity index (χ3n) is 4.35. The Morgan fingerprint density at radius 3 is 3.04 bits per heavy atom. The second kappa shape index (κ2) is 7.82. The summed E-state index contributed by atoms with van der Waals surface area (Å²) in [5.41, 5.74) is 1.74. The summed E-state index contributed by atoms with van der Waals surface area (Å²) in [6.45, 7) is 10.1. The number of amides is 1. The molecule has 1 aliphatic heterocycles. The fourth-order valence-corrected chi connectivity index (χ4v) is 3.05. The summed E-state index contributed by atoms with van der Waals surface area (Å²) in [6, 6.07) is 0.0911. The van der Waals surface area contributed by atoms with E-state index in [0.717, 1.165) is 36.5 Å². The highest BCUT2D eigenvalue weighted by atomic mass is 16.2. The maximum Gasteiger partial charge on any atom is 0.303 e. The zero-order chi connectivity index (χ0) is 18.5. The Labute approximate surface area is 152 Å². The second-order valence-electron chi connectivity index (χ2n) is 6.33. The van der Waals surface area contributed by atoms with Gasteiger partial charge >= 0.3 is 5.91 Å². The third kappa shape index (κ3) is 4.08. The van der Waals surface area contributed by atoms with Gasteiger partial charge in [0.2, 0.25) is 5.95 Å². The molecule has 1 aliphatic rings. The Morgan fingerprint density at radius 2 is 2.31 bits per heavy atom. The van der Waals surface area contributed by atoms with Gasteiger partial charge in [-0.2, -0.15) is 10.1 Å². The molecule has 0 aliphatic carbocycles. The van der Waals surface area contributed by atoms with Gasteiger partial charge < -0.3 is 20.4 Å². The van der Waals surface area contributed by atoms with Gasteiger partial charge in [-0.05, 0) is 19.8 Å². The third-order valence-corrected chi connectivity index (χ3v) is 4.35. The van der Waals surface area contributed by atoms with Crippen molar-refractivity contribution in [2.24, 2.45) is 7.05 Å². The highest BCUT2D eigenvalue weighted by Crippen LogP contribution is 2.20. The molecular weight excluding hydrogens is 332 g/mol. The van der Waals surface area contributed by atoms with Gasteiger partial charge in [-0.25, -0.2) is 11.6 Å². The van der Waals surface area contributed by atoms with Crippen molar-refractivity contribution in [3.8, 4) is 0 Å². The lowest BCUT2D eigenvalue weighted by Crippen LogP contribution is -2.40. The molecule has 0 aromatic carbocycles. The Morgan fingerprint density at radius 1 is 1.46 bits per heavy atom. The molecule has 3 rings (SSSR count). The number of aryl methyl sites for hydroxylation is 2. The maximum atomic E-state index is 12.0. The lowest BCUT2D eigenvalue weighted by Gasteiger charge is -2.23. The summed E-state index contributed by atoms with van der Waals surface area (Å²) in [5, 5.41) is 10.6. The number of nitrogens with one attached hydrogen (secondary N) is 2. The van der Waals surface area contributed by atoms with Gasteiger partial charge in [0, 0.05) is 44.1 Å². The van der Waals surface area contributed by atoms with Crippen LogP contribution in [0.4, 0.5) is 17.5 Å². The fraction of sp³-hybridized carbons (Fsp3) is 0.471. The summed E-state index contributed by atoms with van der Waals surface area (Å²) >= 11 is 0. The first-order valence-electron chi connectivity index (χ1n) is 8.52. The van der Waals surface area contributed by atoms with Gasteiger partial charge in [-0.3, -0.25) is 9.48 Å². The van der Waals surface area contributed by atoms with E-state index in [9.17, 15) is 4.79 Å². The number of hydrogen-bond acceptors (Lipinski definition) is 6. The molecule has 9 heteroatoms. The molecule has 1 saturated heterocycles. The van der Waals surface area contributed by atoms with E-state index in [0.29, 0.717) is 12.5 Å². The van der Waals surface area contributed by atoms with Gasteiger partial charge in [0.25, 0.3) is 6.54 Å². The number of aromatic nitrogens is 4. The van der Waals surface area contributed by atoms with E-state index >= 15 is 0 Å². The minimum atomic E-state index is -0.0948. The zero-order valence-electron chi connectivity index (χ0n) is 14.9. The fourth-order valence-electron chi connectivity index (χ4n) is 3.05. The quantitative estimate of drug-likeness (QED) is 0.765. The van der Waals surface area contributed by atoms with Crippen molar-refractivity contribution in [2.45, 2.75) is 25.8 Å². The van der Waals surface area contributed by atoms with Crippen LogP contribution >= 0.6 is 0 Å². The number of likely N-dealkylation sites (tertiary alicyclic amines) is 1. The minimum absolute atomic E-state index is 0.0811. The predicted octanol–water partition coefficient (Wildman–Crippen LogP) is 1.58. The lowest BCUT2D eigenvalue weighted by atomic mass is 10.2. The number of carbonyl (C=O) groups is 1. The van der Waals surface area contributed by atoms with Crippen LogP contribution in [-0.2, 0) is 11.8 Å². The van der Waals surface area contributed by atoms with Gasteiger partial charge in [0.1, 0.15) is 5.82 Å². The summed E-state index contributed by atoms with van der Waals surface area (Å²) in [6.07, 6.45) is 7.20. The van der Waals surface area contributed by atoms with Gasteiger partial charge in [0.05, 0.1) is 11.9 Å². The average molecular weight is 354 g/mol. The molecule has 0 saturated carbocycles. The van der Waals surface area contributed by atoms with Crippen molar-refractivity contribution < 1.29 is 4.79 Å². The van der Waals surface area contributed by atoms with E-state index in [4.69, 9.17) is 6.57 Å². The zero-order valence-corrected chi connectivity index (χ0v) is 14.9. The van der Waals surface area contributed by atoms with Crippen LogP contribution in [0.15, 0.2) is 18.6 Å². The van der Waals surface area contributed by atoms with Crippen LogP contribution in [0, 0.1) is 13.5 Å². The molecule has 3 heterocycles. The summed E-state index contributed by atoms with van der Waals surface area (Å²) < 4.78 is 1.70. The second-order valence-corrected chi connectivity index (χ2v) is 6.33. The normalized spacial score (nSPS) is 16.3. The summed E-state index contributed by atoms with van der Waals surface area (Å²) in [4.78, 5) is 25.9. The molecule has 9 nitrogen and oxygen atoms in total. The molecule has 0 spiro atoms. The Balaban J connectivity index is 1.65. The molecule has 0 radical (unpaired) electrons. The Hall–Kier alpha value is -3.15. The SMILES string of the molecule is [C-]#[N+]CC(=O)N1CCC[C@@H]1CNc1nc(Nc2cnn(C)c2)ncc1C. The molecule has 1 amide bonds. The largest absolute Gasteiger partial charge is 0.368 e. The first-order chi connectivity index (χ1) is 12.6. The van der Waals surface area contributed by atoms with Crippen LogP contribution in [0.25, 0.3) is 4.85 Å². The first kappa shape index (κ1) is 17.7. The first-order valence-corrected chi connectivity index (χ1v) is 8.52. The monoisotopic (exact) mass is 354 g/mol. The van der Waals surface area contributed by atoms with Crippen molar-refractivity contribution in [1.82, 2.24) is 24.6 Å². The predicted molar refractivity (Wildman–Crippen MR) is 98.0 cm³/mol. The van der Waals surface area contributed by atoms with Gasteiger partial charge in [-0.15, -0.1) is 0 Å². The van der Waals surface area contributed by atoms with E-state index in [1.54, 1.807) is 22.0 Å². The van der Waals surface area contributed by atoms with E-state index < -0.39 is 0 Å². The molecule has 1 atom stereocenters. The lowest BCUT2D eigenvalue weighted by molar-refractivity contribution is -0.129. The number of rotatable bonds is 6. The van der Waals surface area contributed by atoms with Crippen LogP contribution in [0.1, 0.15) is 18.4 Å². The molecule has 26 heavy (non-hydrogen) atoms. The van der Waals surface area contributed by atoms with Crippen LogP contribution in [-0.4, -0.2) is 56.2 Å². The van der Waals surface area contributed by atoms with Crippen molar-refractivity contribution in [3.63, 3.8) is 0 Å². The highest BCUT2D eigenvalue weighted by Gasteiger charge is 2.29. The summed E-state index contributed by atoms with van der Waals surface area (Å²) in [7, 11) is 1.84. The molecule has 2 aromatic heterocycles. The number of hydrogen-bond donors (Lipinski definition) is 2. The van der Waals surface area contributed by atoms with Crippen LogP contribution < -0.4 is 10.6 Å². The molecule has 2 aromatic rings. The molecule has 0 unspecified atom stereocenters. The minimum Gasteiger partial charge on any atom is -0.368 e. The molecular formula is C17H22N8O. The Bertz CT molecular complexity index is 824. The number of nitrogens with zero attached hydrogens (tertiary/aromatic N) is 6. The van der Waals surface area contributed by atoms with E-state index in [-0.39, 0.29) is 18.5 Å². The average Bonchev–Trinajstić information content (AvgIpc) is 3.24. The molecule has 136 valence electrons. The molecule has 0 bridgehead atoms. The standard InChI is InChI=1S/C17H22N8O/c1-12-7-20-17(22-13-8-21-24(3)11-13)23-16(12)19-9-14-5-4-6-25(14)15(26)10-18-2/h7-8,11,14H,4-6,9-10H2,1,3H3,(H2,19,20,22,23)/t14-/m1/s1. The highest BCUT2D eigenvalue weighted by molar-refractivity contribution is 5.80. The van der Waals surface area contributed by atoms with Crippen molar-refractivity contribution in [2.75, 3.05) is 30.3 Å². The van der Waals surface area contributed by atoms with Crippen LogP contribution in [0.2, 0.25) is 0 Å². The number of anilines is 3. The molecule has 2 N–H and O–H groups in total. The van der Waals surface area contributed by atoms with E-state index in [2.05, 4.69) is 30.5 Å². The van der Waals surface area contributed by atoms with Crippen molar-refractivity contribution >= 4 is 23.4 Å². The van der Waals surface area contributed by atoms with Crippen LogP contribution in [0.3, 0.4) is 0 Å². The van der Waals surface area contributed by atoms with Gasteiger partial charge in [0.15, 0.2) is 0 Å². The van der Waals surface area contributed by atoms with Crippen LogP contribution in [0.5, 0.6) is 0 Å². The molecule has 1 fully saturated rings. The summed E-state index contributed by atoms with van der Waals surface area (Å²) in [5.74, 6) is 1.12. The Kier molecular flexibility index (Phi) is 5.31. The number of carbonyl (C=O) groups excluding carboxylic acids is 1. The van der Waals surface area contributed by atoms with Gasteiger partial charge in [-0.1, -0.05) is 0 Å². The van der Waals surface area contributed by atoms with Crippen molar-refractivity contribution in [3.05, 3.63) is 35.6 Å².